The maximum absolute atomic E-state index is 12.7. The van der Waals surface area contributed by atoms with Crippen molar-refractivity contribution in [2.24, 2.45) is 5.92 Å². The van der Waals surface area contributed by atoms with Gasteiger partial charge < -0.3 is 10.3 Å². The molecule has 38 heavy (non-hydrogen) atoms. The number of anilines is 1. The average molecular weight is 521 g/mol. The number of hydrogen-bond acceptors (Lipinski definition) is 7. The number of carbonyl (C=O) groups excluding carboxylic acids is 1. The van der Waals surface area contributed by atoms with Crippen LogP contribution >= 0.6 is 11.3 Å². The Bertz CT molecular complexity index is 1760. The molecule has 0 atom stereocenters. The summed E-state index contributed by atoms with van der Waals surface area (Å²) in [5.41, 5.74) is 6.28. The molecule has 1 aliphatic rings. The zero-order chi connectivity index (χ0) is 25.5. The number of pyridine rings is 3. The summed E-state index contributed by atoms with van der Waals surface area (Å²) in [5.74, 6) is 0.783. The van der Waals surface area contributed by atoms with E-state index in [0.29, 0.717) is 22.9 Å². The molecular weight excluding hydrogens is 496 g/mol. The molecule has 10 heteroatoms. The van der Waals surface area contributed by atoms with Crippen LogP contribution in [0.3, 0.4) is 0 Å². The van der Waals surface area contributed by atoms with Gasteiger partial charge in [-0.25, -0.2) is 9.97 Å². The van der Waals surface area contributed by atoms with Gasteiger partial charge in [-0.3, -0.25) is 19.9 Å². The number of fused-ring (bicyclic) bond motifs is 2. The second-order valence-corrected chi connectivity index (χ2v) is 10.5. The van der Waals surface area contributed by atoms with Crippen LogP contribution < -0.4 is 5.32 Å². The van der Waals surface area contributed by atoms with Crippen molar-refractivity contribution < 1.29 is 4.79 Å². The number of nitrogens with zero attached hydrogens (tertiary/aromatic N) is 5. The zero-order valence-electron chi connectivity index (χ0n) is 20.4. The summed E-state index contributed by atoms with van der Waals surface area (Å²) in [4.78, 5) is 35.5. The van der Waals surface area contributed by atoms with Gasteiger partial charge in [0.15, 0.2) is 11.5 Å². The molecule has 9 nitrogen and oxygen atoms in total. The maximum Gasteiger partial charge on any atom is 0.227 e. The van der Waals surface area contributed by atoms with E-state index in [1.54, 1.807) is 36.1 Å². The topological polar surface area (TPSA) is 125 Å². The van der Waals surface area contributed by atoms with E-state index in [9.17, 15) is 4.79 Å². The minimum atomic E-state index is 0.0737. The van der Waals surface area contributed by atoms with E-state index >= 15 is 0 Å². The maximum atomic E-state index is 12.7. The van der Waals surface area contributed by atoms with E-state index in [2.05, 4.69) is 46.9 Å². The van der Waals surface area contributed by atoms with Crippen LogP contribution in [0.4, 0.5) is 5.69 Å². The van der Waals surface area contributed by atoms with Gasteiger partial charge in [-0.15, -0.1) is 11.3 Å². The highest BCUT2D eigenvalue weighted by molar-refractivity contribution is 7.13. The Labute approximate surface area is 221 Å². The number of carbonyl (C=O) groups is 1. The molecule has 0 unspecified atom stereocenters. The summed E-state index contributed by atoms with van der Waals surface area (Å²) in [7, 11) is 0. The van der Waals surface area contributed by atoms with E-state index in [1.165, 1.54) is 6.42 Å². The van der Waals surface area contributed by atoms with Crippen LogP contribution in [0.2, 0.25) is 0 Å². The van der Waals surface area contributed by atoms with Gasteiger partial charge >= 0.3 is 0 Å². The predicted octanol–water partition coefficient (Wildman–Crippen LogP) is 6.21. The van der Waals surface area contributed by atoms with Crippen molar-refractivity contribution >= 4 is 45.0 Å². The summed E-state index contributed by atoms with van der Waals surface area (Å²) < 4.78 is 0. The largest absolute Gasteiger partial charge is 0.335 e. The van der Waals surface area contributed by atoms with Crippen molar-refractivity contribution in [1.82, 2.24) is 35.1 Å². The van der Waals surface area contributed by atoms with Crippen molar-refractivity contribution in [3.8, 4) is 33.2 Å². The minimum Gasteiger partial charge on any atom is -0.335 e. The highest BCUT2D eigenvalue weighted by atomic mass is 32.1. The van der Waals surface area contributed by atoms with Crippen molar-refractivity contribution in [3.05, 3.63) is 60.5 Å². The SMILES string of the molecule is O=C(Nc1cncc(-c2cc3c(-c4nc5nccc(-c6cccs6)c5[nH]4)n[nH]c3cn2)c1)C1CCCCC1. The molecule has 0 aromatic carbocycles. The number of amides is 1. The highest BCUT2D eigenvalue weighted by Crippen LogP contribution is 2.33. The summed E-state index contributed by atoms with van der Waals surface area (Å²) in [6, 6.07) is 10.00. The smallest absolute Gasteiger partial charge is 0.227 e. The standard InChI is InChI=1S/C28H24N8OS/c37-28(16-5-2-1-3-6-16)32-18-11-17(13-29-14-18)21-12-20-22(15-31-21)35-36-25(20)27-33-24-19(23-7-4-10-38-23)8-9-30-26(24)34-27/h4,7-16H,1-3,5-6H2,(H,32,37)(H,35,36)(H,30,33,34). The average Bonchev–Trinajstić information content (AvgIpc) is 3.73. The van der Waals surface area contributed by atoms with Crippen LogP contribution in [0.25, 0.3) is 55.3 Å². The van der Waals surface area contributed by atoms with Crippen molar-refractivity contribution in [2.75, 3.05) is 5.32 Å². The molecule has 1 saturated carbocycles. The van der Waals surface area contributed by atoms with E-state index < -0.39 is 0 Å². The van der Waals surface area contributed by atoms with Gasteiger partial charge in [0.2, 0.25) is 5.91 Å². The number of hydrogen-bond donors (Lipinski definition) is 3. The second-order valence-electron chi connectivity index (χ2n) is 9.59. The fraction of sp³-hybridized carbons (Fsp3) is 0.214. The first-order valence-electron chi connectivity index (χ1n) is 12.7. The Balaban J connectivity index is 1.23. The molecule has 0 spiro atoms. The molecule has 3 N–H and O–H groups in total. The summed E-state index contributed by atoms with van der Waals surface area (Å²) in [6.07, 6.45) is 12.3. The fourth-order valence-electron chi connectivity index (χ4n) is 5.17. The number of aromatic amines is 2. The quantitative estimate of drug-likeness (QED) is 0.248. The van der Waals surface area contributed by atoms with E-state index in [4.69, 9.17) is 4.98 Å². The third-order valence-electron chi connectivity index (χ3n) is 7.13. The Morgan fingerprint density at radius 3 is 2.84 bits per heavy atom. The van der Waals surface area contributed by atoms with Gasteiger partial charge in [0.05, 0.1) is 34.8 Å². The van der Waals surface area contributed by atoms with Crippen molar-refractivity contribution in [3.63, 3.8) is 0 Å². The molecule has 1 fully saturated rings. The third-order valence-corrected chi connectivity index (χ3v) is 8.03. The number of nitrogens with one attached hydrogen (secondary N) is 3. The lowest BCUT2D eigenvalue weighted by Gasteiger charge is -2.20. The Morgan fingerprint density at radius 1 is 1.05 bits per heavy atom. The van der Waals surface area contributed by atoms with Gasteiger partial charge in [-0.2, -0.15) is 5.10 Å². The Morgan fingerprint density at radius 2 is 1.97 bits per heavy atom. The normalized spacial score (nSPS) is 14.3. The van der Waals surface area contributed by atoms with E-state index in [0.717, 1.165) is 63.8 Å². The summed E-state index contributed by atoms with van der Waals surface area (Å²) in [5, 5.41) is 13.6. The third kappa shape index (κ3) is 4.12. The first-order valence-corrected chi connectivity index (χ1v) is 13.6. The molecular formula is C28H24N8OS. The second kappa shape index (κ2) is 9.46. The number of H-pyrrole nitrogens is 2. The number of aromatic nitrogens is 7. The van der Waals surface area contributed by atoms with Crippen LogP contribution in [-0.4, -0.2) is 41.0 Å². The van der Waals surface area contributed by atoms with Crippen LogP contribution in [-0.2, 0) is 4.79 Å². The molecule has 1 amide bonds. The molecule has 0 bridgehead atoms. The van der Waals surface area contributed by atoms with E-state index in [-0.39, 0.29) is 11.8 Å². The molecule has 7 rings (SSSR count). The van der Waals surface area contributed by atoms with Crippen LogP contribution in [0.1, 0.15) is 32.1 Å². The molecule has 0 saturated heterocycles. The van der Waals surface area contributed by atoms with Gasteiger partial charge in [0, 0.05) is 39.7 Å². The Kier molecular flexibility index (Phi) is 5.66. The molecule has 6 aromatic heterocycles. The zero-order valence-corrected chi connectivity index (χ0v) is 21.3. The van der Waals surface area contributed by atoms with Crippen LogP contribution in [0, 0.1) is 5.92 Å². The number of thiophene rings is 1. The summed E-state index contributed by atoms with van der Waals surface area (Å²) in [6.45, 7) is 0. The molecule has 6 aromatic rings. The van der Waals surface area contributed by atoms with Crippen molar-refractivity contribution in [1.29, 1.82) is 0 Å². The predicted molar refractivity (Wildman–Crippen MR) is 149 cm³/mol. The van der Waals surface area contributed by atoms with Gasteiger partial charge in [0.1, 0.15) is 5.69 Å². The van der Waals surface area contributed by atoms with Gasteiger partial charge in [-0.1, -0.05) is 25.3 Å². The van der Waals surface area contributed by atoms with Gasteiger partial charge in [-0.05, 0) is 42.5 Å². The molecule has 188 valence electrons. The lowest BCUT2D eigenvalue weighted by atomic mass is 9.88. The molecule has 6 heterocycles. The number of imidazole rings is 1. The minimum absolute atomic E-state index is 0.0737. The first kappa shape index (κ1) is 22.7. The van der Waals surface area contributed by atoms with Crippen LogP contribution in [0.15, 0.2) is 60.5 Å². The van der Waals surface area contributed by atoms with E-state index in [1.807, 2.05) is 24.3 Å². The Hall–Kier alpha value is -4.44. The lowest BCUT2D eigenvalue weighted by Crippen LogP contribution is -2.24. The molecule has 0 aliphatic heterocycles. The van der Waals surface area contributed by atoms with Gasteiger partial charge in [0.25, 0.3) is 0 Å². The molecule has 1 aliphatic carbocycles. The first-order chi connectivity index (χ1) is 18.7. The monoisotopic (exact) mass is 520 g/mol. The lowest BCUT2D eigenvalue weighted by molar-refractivity contribution is -0.120. The molecule has 0 radical (unpaired) electrons. The van der Waals surface area contributed by atoms with Crippen molar-refractivity contribution in [2.45, 2.75) is 32.1 Å². The number of rotatable bonds is 5. The fourth-order valence-corrected chi connectivity index (χ4v) is 5.93. The summed E-state index contributed by atoms with van der Waals surface area (Å²) >= 11 is 1.67. The highest BCUT2D eigenvalue weighted by Gasteiger charge is 2.21. The van der Waals surface area contributed by atoms with Crippen LogP contribution in [0.5, 0.6) is 0 Å².